The first-order chi connectivity index (χ1) is 8.29. The van der Waals surface area contributed by atoms with Crippen LogP contribution in [0.3, 0.4) is 0 Å². The Kier molecular flexibility index (Phi) is 4.40. The Morgan fingerprint density at radius 1 is 1.41 bits per heavy atom. The van der Waals surface area contributed by atoms with Crippen molar-refractivity contribution in [1.29, 1.82) is 0 Å². The number of hydrogen-bond donors (Lipinski definition) is 1. The number of ether oxygens (including phenoxy) is 1. The standard InChI is InChI=1S/C14H22N2O/c1-16-9-7-13(11-16)15-14-6-4-3-5-12(14)8-10-17-2/h3-6,13,15H,7-11H2,1-2H3. The number of nitrogens with zero attached hydrogens (tertiary/aromatic N) is 1. The molecule has 1 atom stereocenters. The molecule has 3 heteroatoms. The quantitative estimate of drug-likeness (QED) is 0.843. The SMILES string of the molecule is COCCc1ccccc1NC1CCN(C)C1. The number of likely N-dealkylation sites (N-methyl/N-ethyl adjacent to an activating group) is 1. The van der Waals surface area contributed by atoms with Gasteiger partial charge in [-0.15, -0.1) is 0 Å². The second-order valence-electron chi connectivity index (χ2n) is 4.79. The van der Waals surface area contributed by atoms with Crippen LogP contribution >= 0.6 is 0 Å². The number of rotatable bonds is 5. The van der Waals surface area contributed by atoms with Crippen LogP contribution in [0.25, 0.3) is 0 Å². The summed E-state index contributed by atoms with van der Waals surface area (Å²) < 4.78 is 5.15. The van der Waals surface area contributed by atoms with E-state index in [9.17, 15) is 0 Å². The summed E-state index contributed by atoms with van der Waals surface area (Å²) in [4.78, 5) is 2.37. The predicted octanol–water partition coefficient (Wildman–Crippen LogP) is 1.99. The number of methoxy groups -OCH3 is 1. The Bertz CT molecular complexity index is 354. The van der Waals surface area contributed by atoms with Crippen LogP contribution in [-0.2, 0) is 11.2 Å². The third-order valence-electron chi connectivity index (χ3n) is 3.34. The van der Waals surface area contributed by atoms with Crippen LogP contribution in [0.4, 0.5) is 5.69 Å². The minimum atomic E-state index is 0.587. The van der Waals surface area contributed by atoms with Gasteiger partial charge in [-0.1, -0.05) is 18.2 Å². The fourth-order valence-corrected chi connectivity index (χ4v) is 2.36. The second kappa shape index (κ2) is 6.03. The molecule has 94 valence electrons. The van der Waals surface area contributed by atoms with Crippen molar-refractivity contribution in [3.8, 4) is 0 Å². The highest BCUT2D eigenvalue weighted by atomic mass is 16.5. The molecular formula is C14H22N2O. The molecule has 1 saturated heterocycles. The molecule has 3 nitrogen and oxygen atoms in total. The van der Waals surface area contributed by atoms with Crippen molar-refractivity contribution < 1.29 is 4.74 Å². The van der Waals surface area contributed by atoms with Crippen LogP contribution < -0.4 is 5.32 Å². The van der Waals surface area contributed by atoms with E-state index < -0.39 is 0 Å². The van der Waals surface area contributed by atoms with Crippen molar-refractivity contribution in [1.82, 2.24) is 4.90 Å². The van der Waals surface area contributed by atoms with Crippen molar-refractivity contribution in [2.75, 3.05) is 39.2 Å². The fourth-order valence-electron chi connectivity index (χ4n) is 2.36. The number of nitrogens with one attached hydrogen (secondary N) is 1. The van der Waals surface area contributed by atoms with Crippen LogP contribution in [-0.4, -0.2) is 44.8 Å². The summed E-state index contributed by atoms with van der Waals surface area (Å²) in [6, 6.07) is 9.13. The normalized spacial score (nSPS) is 20.7. The number of para-hydroxylation sites is 1. The van der Waals surface area contributed by atoms with Gasteiger partial charge in [-0.05, 0) is 38.1 Å². The average Bonchev–Trinajstić information content (AvgIpc) is 2.74. The molecule has 1 N–H and O–H groups in total. The zero-order chi connectivity index (χ0) is 12.1. The van der Waals surface area contributed by atoms with E-state index in [2.05, 4.69) is 41.5 Å². The molecule has 1 heterocycles. The fraction of sp³-hybridized carbons (Fsp3) is 0.571. The molecule has 1 aromatic carbocycles. The monoisotopic (exact) mass is 234 g/mol. The van der Waals surface area contributed by atoms with E-state index in [1.807, 2.05) is 0 Å². The molecule has 1 fully saturated rings. The maximum atomic E-state index is 5.15. The number of benzene rings is 1. The lowest BCUT2D eigenvalue weighted by atomic mass is 10.1. The molecule has 17 heavy (non-hydrogen) atoms. The van der Waals surface area contributed by atoms with Gasteiger partial charge in [-0.3, -0.25) is 0 Å². The van der Waals surface area contributed by atoms with E-state index in [1.54, 1.807) is 7.11 Å². The molecule has 0 aromatic heterocycles. The Morgan fingerprint density at radius 3 is 2.94 bits per heavy atom. The first kappa shape index (κ1) is 12.4. The predicted molar refractivity (Wildman–Crippen MR) is 71.5 cm³/mol. The number of anilines is 1. The van der Waals surface area contributed by atoms with Gasteiger partial charge in [0.25, 0.3) is 0 Å². The molecule has 0 aliphatic carbocycles. The van der Waals surface area contributed by atoms with Crippen LogP contribution in [0, 0.1) is 0 Å². The Hall–Kier alpha value is -1.06. The van der Waals surface area contributed by atoms with Crippen molar-refractivity contribution in [3.63, 3.8) is 0 Å². The molecule has 1 aliphatic heterocycles. The highest BCUT2D eigenvalue weighted by Crippen LogP contribution is 2.19. The molecule has 1 aromatic rings. The third-order valence-corrected chi connectivity index (χ3v) is 3.34. The topological polar surface area (TPSA) is 24.5 Å². The van der Waals surface area contributed by atoms with E-state index in [1.165, 1.54) is 24.2 Å². The zero-order valence-corrected chi connectivity index (χ0v) is 10.8. The van der Waals surface area contributed by atoms with Gasteiger partial charge in [0, 0.05) is 25.4 Å². The Balaban J connectivity index is 1.99. The van der Waals surface area contributed by atoms with Crippen LogP contribution in [0.1, 0.15) is 12.0 Å². The van der Waals surface area contributed by atoms with E-state index in [-0.39, 0.29) is 0 Å². The van der Waals surface area contributed by atoms with Crippen molar-refractivity contribution in [2.45, 2.75) is 18.9 Å². The van der Waals surface area contributed by atoms with Crippen molar-refractivity contribution >= 4 is 5.69 Å². The summed E-state index contributed by atoms with van der Waals surface area (Å²) in [6.07, 6.45) is 2.21. The lowest BCUT2D eigenvalue weighted by Gasteiger charge is -2.17. The zero-order valence-electron chi connectivity index (χ0n) is 10.8. The van der Waals surface area contributed by atoms with Gasteiger partial charge < -0.3 is 15.0 Å². The lowest BCUT2D eigenvalue weighted by molar-refractivity contribution is 0.202. The minimum Gasteiger partial charge on any atom is -0.384 e. The Morgan fingerprint density at radius 2 is 2.24 bits per heavy atom. The molecule has 0 saturated carbocycles. The molecular weight excluding hydrogens is 212 g/mol. The number of likely N-dealkylation sites (tertiary alicyclic amines) is 1. The highest BCUT2D eigenvalue weighted by molar-refractivity contribution is 5.52. The third kappa shape index (κ3) is 3.45. The number of hydrogen-bond acceptors (Lipinski definition) is 3. The van der Waals surface area contributed by atoms with Gasteiger partial charge in [0.2, 0.25) is 0 Å². The molecule has 1 aliphatic rings. The van der Waals surface area contributed by atoms with Crippen LogP contribution in [0.2, 0.25) is 0 Å². The van der Waals surface area contributed by atoms with E-state index in [4.69, 9.17) is 4.74 Å². The van der Waals surface area contributed by atoms with E-state index in [0.717, 1.165) is 19.6 Å². The molecule has 0 amide bonds. The van der Waals surface area contributed by atoms with Gasteiger partial charge in [0.15, 0.2) is 0 Å². The Labute approximate surface area is 104 Å². The second-order valence-corrected chi connectivity index (χ2v) is 4.79. The maximum absolute atomic E-state index is 5.15. The molecule has 0 spiro atoms. The first-order valence-corrected chi connectivity index (χ1v) is 6.31. The van der Waals surface area contributed by atoms with Gasteiger partial charge in [-0.25, -0.2) is 0 Å². The van der Waals surface area contributed by atoms with Crippen molar-refractivity contribution in [2.24, 2.45) is 0 Å². The maximum Gasteiger partial charge on any atom is 0.0503 e. The molecule has 0 radical (unpaired) electrons. The summed E-state index contributed by atoms with van der Waals surface area (Å²) >= 11 is 0. The molecule has 0 bridgehead atoms. The summed E-state index contributed by atoms with van der Waals surface area (Å²) in [7, 11) is 3.93. The smallest absolute Gasteiger partial charge is 0.0503 e. The van der Waals surface area contributed by atoms with Gasteiger partial charge in [0.05, 0.1) is 6.61 Å². The largest absolute Gasteiger partial charge is 0.384 e. The van der Waals surface area contributed by atoms with Crippen LogP contribution in [0.5, 0.6) is 0 Å². The van der Waals surface area contributed by atoms with E-state index in [0.29, 0.717) is 6.04 Å². The van der Waals surface area contributed by atoms with Crippen molar-refractivity contribution in [3.05, 3.63) is 29.8 Å². The van der Waals surface area contributed by atoms with E-state index >= 15 is 0 Å². The lowest BCUT2D eigenvalue weighted by Crippen LogP contribution is -2.24. The van der Waals surface area contributed by atoms with Gasteiger partial charge >= 0.3 is 0 Å². The highest BCUT2D eigenvalue weighted by Gasteiger charge is 2.19. The minimum absolute atomic E-state index is 0.587. The summed E-state index contributed by atoms with van der Waals surface area (Å²) in [5.74, 6) is 0. The summed E-state index contributed by atoms with van der Waals surface area (Å²) in [5.41, 5.74) is 2.62. The molecule has 1 unspecified atom stereocenters. The molecule has 2 rings (SSSR count). The average molecular weight is 234 g/mol. The van der Waals surface area contributed by atoms with Gasteiger partial charge in [0.1, 0.15) is 0 Å². The summed E-state index contributed by atoms with van der Waals surface area (Å²) in [5, 5.41) is 3.65. The van der Waals surface area contributed by atoms with Crippen LogP contribution in [0.15, 0.2) is 24.3 Å². The summed E-state index contributed by atoms with van der Waals surface area (Å²) in [6.45, 7) is 3.11. The van der Waals surface area contributed by atoms with Gasteiger partial charge in [-0.2, -0.15) is 0 Å². The first-order valence-electron chi connectivity index (χ1n) is 6.31.